The lowest BCUT2D eigenvalue weighted by atomic mass is 10.2. The Morgan fingerprint density at radius 3 is 2.50 bits per heavy atom. The van der Waals surface area contributed by atoms with E-state index in [0.29, 0.717) is 6.54 Å². The molecule has 0 bridgehead atoms. The van der Waals surface area contributed by atoms with E-state index in [4.69, 9.17) is 0 Å². The molecule has 1 rings (SSSR count). The quantitative estimate of drug-likeness (QED) is 0.771. The summed E-state index contributed by atoms with van der Waals surface area (Å²) < 4.78 is 25.2. The van der Waals surface area contributed by atoms with Gasteiger partial charge in [0, 0.05) is 6.54 Å². The molecule has 1 aromatic rings. The zero-order valence-corrected chi connectivity index (χ0v) is 8.83. The van der Waals surface area contributed by atoms with Crippen LogP contribution in [0.2, 0.25) is 0 Å². The van der Waals surface area contributed by atoms with E-state index in [0.717, 1.165) is 24.6 Å². The van der Waals surface area contributed by atoms with E-state index >= 15 is 0 Å². The first-order valence-corrected chi connectivity index (χ1v) is 4.38. The Labute approximate surface area is 88.9 Å². The SMILES string of the molecule is CCCNCc1ccc(F)c(F)c1.Cl. The van der Waals surface area contributed by atoms with Crippen LogP contribution in [0.15, 0.2) is 18.2 Å². The van der Waals surface area contributed by atoms with Gasteiger partial charge in [0.05, 0.1) is 0 Å². The van der Waals surface area contributed by atoms with Gasteiger partial charge in [-0.1, -0.05) is 13.0 Å². The lowest BCUT2D eigenvalue weighted by molar-refractivity contribution is 0.506. The molecule has 4 heteroatoms. The van der Waals surface area contributed by atoms with Gasteiger partial charge in [-0.15, -0.1) is 12.4 Å². The lowest BCUT2D eigenvalue weighted by Gasteiger charge is -2.03. The molecule has 14 heavy (non-hydrogen) atoms. The van der Waals surface area contributed by atoms with Crippen LogP contribution in [0, 0.1) is 11.6 Å². The maximum absolute atomic E-state index is 12.7. The van der Waals surface area contributed by atoms with Crippen molar-refractivity contribution in [3.8, 4) is 0 Å². The minimum Gasteiger partial charge on any atom is -0.313 e. The van der Waals surface area contributed by atoms with Crippen LogP contribution in [0.25, 0.3) is 0 Å². The molecule has 0 heterocycles. The highest BCUT2D eigenvalue weighted by molar-refractivity contribution is 5.85. The summed E-state index contributed by atoms with van der Waals surface area (Å²) in [7, 11) is 0. The number of hydrogen-bond acceptors (Lipinski definition) is 1. The number of halogens is 3. The molecule has 1 aromatic carbocycles. The molecule has 0 unspecified atom stereocenters. The fourth-order valence-corrected chi connectivity index (χ4v) is 1.06. The fourth-order valence-electron chi connectivity index (χ4n) is 1.06. The van der Waals surface area contributed by atoms with Gasteiger partial charge in [-0.25, -0.2) is 8.78 Å². The highest BCUT2D eigenvalue weighted by atomic mass is 35.5. The summed E-state index contributed by atoms with van der Waals surface area (Å²) in [5.41, 5.74) is 0.771. The summed E-state index contributed by atoms with van der Waals surface area (Å²) in [4.78, 5) is 0. The van der Waals surface area contributed by atoms with Gasteiger partial charge in [-0.2, -0.15) is 0 Å². The van der Waals surface area contributed by atoms with E-state index in [-0.39, 0.29) is 12.4 Å². The fraction of sp³-hybridized carbons (Fsp3) is 0.400. The van der Waals surface area contributed by atoms with E-state index in [1.165, 1.54) is 6.07 Å². The van der Waals surface area contributed by atoms with Crippen LogP contribution in [-0.2, 0) is 6.54 Å². The highest BCUT2D eigenvalue weighted by Gasteiger charge is 2.01. The van der Waals surface area contributed by atoms with E-state index < -0.39 is 11.6 Å². The summed E-state index contributed by atoms with van der Waals surface area (Å²) in [6.45, 7) is 3.53. The van der Waals surface area contributed by atoms with Gasteiger partial charge in [0.2, 0.25) is 0 Å². The Morgan fingerprint density at radius 1 is 1.21 bits per heavy atom. The number of rotatable bonds is 4. The largest absolute Gasteiger partial charge is 0.313 e. The van der Waals surface area contributed by atoms with Crippen LogP contribution in [-0.4, -0.2) is 6.54 Å². The number of nitrogens with one attached hydrogen (secondary N) is 1. The van der Waals surface area contributed by atoms with Crippen molar-refractivity contribution in [2.45, 2.75) is 19.9 Å². The van der Waals surface area contributed by atoms with E-state index in [1.54, 1.807) is 6.07 Å². The maximum Gasteiger partial charge on any atom is 0.159 e. The summed E-state index contributed by atoms with van der Waals surface area (Å²) in [5.74, 6) is -1.57. The Balaban J connectivity index is 0.00000169. The molecule has 0 radical (unpaired) electrons. The van der Waals surface area contributed by atoms with Crippen molar-refractivity contribution in [3.05, 3.63) is 35.4 Å². The van der Waals surface area contributed by atoms with Crippen molar-refractivity contribution >= 4 is 12.4 Å². The van der Waals surface area contributed by atoms with E-state index in [2.05, 4.69) is 12.2 Å². The summed E-state index contributed by atoms with van der Waals surface area (Å²) >= 11 is 0. The van der Waals surface area contributed by atoms with Gasteiger partial charge < -0.3 is 5.32 Å². The molecule has 0 saturated carbocycles. The van der Waals surface area contributed by atoms with Crippen LogP contribution < -0.4 is 5.32 Å². The third-order valence-corrected chi connectivity index (χ3v) is 1.74. The average molecular weight is 222 g/mol. The van der Waals surface area contributed by atoms with Crippen molar-refractivity contribution in [2.24, 2.45) is 0 Å². The first-order chi connectivity index (χ1) is 6.24. The van der Waals surface area contributed by atoms with E-state index in [9.17, 15) is 8.78 Å². The van der Waals surface area contributed by atoms with Crippen LogP contribution in [0.5, 0.6) is 0 Å². The van der Waals surface area contributed by atoms with E-state index in [1.807, 2.05) is 0 Å². The number of benzene rings is 1. The monoisotopic (exact) mass is 221 g/mol. The first kappa shape index (κ1) is 13.3. The van der Waals surface area contributed by atoms with Gasteiger partial charge >= 0.3 is 0 Å². The maximum atomic E-state index is 12.7. The second-order valence-corrected chi connectivity index (χ2v) is 2.93. The second kappa shape index (κ2) is 6.74. The molecule has 0 aliphatic rings. The lowest BCUT2D eigenvalue weighted by Crippen LogP contribution is -2.13. The zero-order chi connectivity index (χ0) is 9.68. The average Bonchev–Trinajstić information content (AvgIpc) is 2.12. The smallest absolute Gasteiger partial charge is 0.159 e. The zero-order valence-electron chi connectivity index (χ0n) is 8.02. The third-order valence-electron chi connectivity index (χ3n) is 1.74. The van der Waals surface area contributed by atoms with Crippen molar-refractivity contribution in [3.63, 3.8) is 0 Å². The molecule has 80 valence electrons. The van der Waals surface area contributed by atoms with Crippen molar-refractivity contribution in [1.29, 1.82) is 0 Å². The number of hydrogen-bond donors (Lipinski definition) is 1. The topological polar surface area (TPSA) is 12.0 Å². The van der Waals surface area contributed by atoms with Gasteiger partial charge in [0.15, 0.2) is 11.6 Å². The molecular formula is C10H14ClF2N. The van der Waals surface area contributed by atoms with Crippen LogP contribution >= 0.6 is 12.4 Å². The van der Waals surface area contributed by atoms with Crippen molar-refractivity contribution in [2.75, 3.05) is 6.54 Å². The summed E-state index contributed by atoms with van der Waals surface area (Å²) in [6.07, 6.45) is 1.03. The van der Waals surface area contributed by atoms with Gasteiger partial charge in [0.25, 0.3) is 0 Å². The molecule has 0 atom stereocenters. The Bertz CT molecular complexity index is 279. The van der Waals surface area contributed by atoms with Crippen LogP contribution in [0.4, 0.5) is 8.78 Å². The molecule has 0 spiro atoms. The first-order valence-electron chi connectivity index (χ1n) is 4.38. The molecule has 0 aliphatic carbocycles. The predicted molar refractivity (Wildman–Crippen MR) is 55.6 cm³/mol. The standard InChI is InChI=1S/C10H13F2N.ClH/c1-2-5-13-7-8-3-4-9(11)10(12)6-8;/h3-4,6,13H,2,5,7H2,1H3;1H. The van der Waals surface area contributed by atoms with Crippen molar-refractivity contribution in [1.82, 2.24) is 5.32 Å². The van der Waals surface area contributed by atoms with Gasteiger partial charge in [0.1, 0.15) is 0 Å². The van der Waals surface area contributed by atoms with Crippen molar-refractivity contribution < 1.29 is 8.78 Å². The minimum atomic E-state index is -0.792. The molecular weight excluding hydrogens is 208 g/mol. The molecule has 1 N–H and O–H groups in total. The normalized spacial score (nSPS) is 9.64. The Morgan fingerprint density at radius 2 is 1.93 bits per heavy atom. The van der Waals surface area contributed by atoms with Gasteiger partial charge in [-0.05, 0) is 30.7 Å². The molecule has 1 nitrogen and oxygen atoms in total. The molecule has 0 aliphatic heterocycles. The summed E-state index contributed by atoms with van der Waals surface area (Å²) in [5, 5.41) is 3.11. The Kier molecular flexibility index (Phi) is 6.41. The molecule has 0 saturated heterocycles. The molecule has 0 aromatic heterocycles. The van der Waals surface area contributed by atoms with Gasteiger partial charge in [-0.3, -0.25) is 0 Å². The van der Waals surface area contributed by atoms with Crippen LogP contribution in [0.1, 0.15) is 18.9 Å². The predicted octanol–water partition coefficient (Wildman–Crippen LogP) is 2.89. The molecule has 0 amide bonds. The Hall–Kier alpha value is -0.670. The second-order valence-electron chi connectivity index (χ2n) is 2.93. The minimum absolute atomic E-state index is 0. The summed E-state index contributed by atoms with van der Waals surface area (Å²) in [6, 6.07) is 3.96. The molecule has 0 fully saturated rings. The highest BCUT2D eigenvalue weighted by Crippen LogP contribution is 2.08. The van der Waals surface area contributed by atoms with Crippen LogP contribution in [0.3, 0.4) is 0 Å². The third kappa shape index (κ3) is 4.03.